The normalized spacial score (nSPS) is 12.0. The zero-order valence-electron chi connectivity index (χ0n) is 29.8. The van der Waals surface area contributed by atoms with Crippen LogP contribution in [0.25, 0.3) is 110 Å². The number of hydrogen-bond donors (Lipinski definition) is 0. The third-order valence-corrected chi connectivity index (χ3v) is 11.5. The van der Waals surface area contributed by atoms with Crippen LogP contribution in [0.3, 0.4) is 0 Å². The molecule has 0 amide bonds. The second-order valence-electron chi connectivity index (χ2n) is 14.6. The monoisotopic (exact) mass is 700 g/mol. The Kier molecular flexibility index (Phi) is 6.34. The van der Waals surface area contributed by atoms with Crippen LogP contribution < -0.4 is 0 Å². The Morgan fingerprint density at radius 3 is 1.51 bits per heavy atom. The number of nitrogens with zero attached hydrogens (tertiary/aromatic N) is 2. The average Bonchev–Trinajstić information content (AvgIpc) is 3.90. The molecule has 0 saturated heterocycles. The molecular formula is C52H32N2O. The highest BCUT2D eigenvalue weighted by molar-refractivity contribution is 6.14. The molecule has 3 heterocycles. The predicted molar refractivity (Wildman–Crippen MR) is 231 cm³/mol. The lowest BCUT2D eigenvalue weighted by atomic mass is 9.99. The van der Waals surface area contributed by atoms with Gasteiger partial charge in [-0.05, 0) is 118 Å². The van der Waals surface area contributed by atoms with Crippen LogP contribution in [0.2, 0.25) is 0 Å². The molecule has 0 bridgehead atoms. The van der Waals surface area contributed by atoms with Crippen molar-refractivity contribution >= 4 is 76.3 Å². The van der Waals surface area contributed by atoms with E-state index < -0.39 is 0 Å². The number of hydrogen-bond acceptors (Lipinski definition) is 1. The van der Waals surface area contributed by atoms with Crippen LogP contribution in [0, 0.1) is 0 Å². The van der Waals surface area contributed by atoms with Crippen LogP contribution in [0.15, 0.2) is 199 Å². The highest BCUT2D eigenvalue weighted by atomic mass is 16.3. The standard InChI is InChI=1S/C52H32N2O/c1-2-12-39(13-3-1)53-47-16-8-6-14-41(47)44-29-35(20-25-48(44)53)36-21-26-49-45(30-36)46-31-37(38-19-24-43-42-15-7-9-17-51(42)55-52(43)32-38)22-27-50(46)54(49)40-23-18-33-10-4-5-11-34(33)28-40/h1-32H. The predicted octanol–water partition coefficient (Wildman–Crippen LogP) is 14.3. The molecule has 12 rings (SSSR count). The van der Waals surface area contributed by atoms with Crippen LogP contribution >= 0.6 is 0 Å². The highest BCUT2D eigenvalue weighted by Crippen LogP contribution is 2.40. The van der Waals surface area contributed by atoms with E-state index in [0.29, 0.717) is 0 Å². The Labute approximate surface area is 316 Å². The Morgan fingerprint density at radius 1 is 0.273 bits per heavy atom. The Balaban J connectivity index is 1.07. The van der Waals surface area contributed by atoms with Gasteiger partial charge in [-0.1, -0.05) is 109 Å². The summed E-state index contributed by atoms with van der Waals surface area (Å²) in [5.41, 5.74) is 13.6. The van der Waals surface area contributed by atoms with E-state index in [-0.39, 0.29) is 0 Å². The molecule has 12 aromatic rings. The van der Waals surface area contributed by atoms with Gasteiger partial charge in [0.2, 0.25) is 0 Å². The molecule has 0 atom stereocenters. The fourth-order valence-electron chi connectivity index (χ4n) is 8.89. The number of aromatic nitrogens is 2. The van der Waals surface area contributed by atoms with Crippen molar-refractivity contribution in [1.82, 2.24) is 9.13 Å². The van der Waals surface area contributed by atoms with Crippen molar-refractivity contribution in [3.8, 4) is 33.6 Å². The van der Waals surface area contributed by atoms with E-state index in [9.17, 15) is 0 Å². The molecular weight excluding hydrogens is 669 g/mol. The van der Waals surface area contributed by atoms with Crippen molar-refractivity contribution in [2.75, 3.05) is 0 Å². The fourth-order valence-corrected chi connectivity index (χ4v) is 8.89. The first-order chi connectivity index (χ1) is 27.2. The fraction of sp³-hybridized carbons (Fsp3) is 0. The minimum atomic E-state index is 0.906. The van der Waals surface area contributed by atoms with Crippen molar-refractivity contribution in [2.45, 2.75) is 0 Å². The van der Waals surface area contributed by atoms with Crippen molar-refractivity contribution in [2.24, 2.45) is 0 Å². The third kappa shape index (κ3) is 4.57. The summed E-state index contributed by atoms with van der Waals surface area (Å²) in [6.45, 7) is 0. The summed E-state index contributed by atoms with van der Waals surface area (Å²) in [6, 6.07) is 70.4. The van der Waals surface area contributed by atoms with E-state index in [4.69, 9.17) is 4.42 Å². The molecule has 0 radical (unpaired) electrons. The molecule has 0 aliphatic rings. The number of benzene rings is 9. The lowest BCUT2D eigenvalue weighted by Crippen LogP contribution is -1.94. The van der Waals surface area contributed by atoms with Crippen molar-refractivity contribution in [3.05, 3.63) is 194 Å². The summed E-state index contributed by atoms with van der Waals surface area (Å²) in [5, 5.41) is 9.69. The van der Waals surface area contributed by atoms with E-state index in [2.05, 4.69) is 191 Å². The molecule has 0 fully saturated rings. The van der Waals surface area contributed by atoms with E-state index in [0.717, 1.165) is 38.8 Å². The molecule has 0 saturated carbocycles. The minimum Gasteiger partial charge on any atom is -0.456 e. The van der Waals surface area contributed by atoms with Crippen molar-refractivity contribution in [1.29, 1.82) is 0 Å². The summed E-state index contributed by atoms with van der Waals surface area (Å²) in [4.78, 5) is 0. The van der Waals surface area contributed by atoms with Gasteiger partial charge >= 0.3 is 0 Å². The topological polar surface area (TPSA) is 23.0 Å². The molecule has 0 N–H and O–H groups in total. The minimum absolute atomic E-state index is 0.906. The maximum Gasteiger partial charge on any atom is 0.136 e. The van der Waals surface area contributed by atoms with Crippen molar-refractivity contribution in [3.63, 3.8) is 0 Å². The van der Waals surface area contributed by atoms with E-state index >= 15 is 0 Å². The summed E-state index contributed by atoms with van der Waals surface area (Å²) in [6.07, 6.45) is 0. The first kappa shape index (κ1) is 30.1. The Bertz CT molecular complexity index is 3490. The summed E-state index contributed by atoms with van der Waals surface area (Å²) in [5.74, 6) is 0. The van der Waals surface area contributed by atoms with E-state index in [1.54, 1.807) is 0 Å². The number of para-hydroxylation sites is 3. The van der Waals surface area contributed by atoms with E-state index in [1.165, 1.54) is 71.2 Å². The quantitative estimate of drug-likeness (QED) is 0.179. The largest absolute Gasteiger partial charge is 0.456 e. The highest BCUT2D eigenvalue weighted by Gasteiger charge is 2.18. The molecule has 9 aromatic carbocycles. The smallest absolute Gasteiger partial charge is 0.136 e. The zero-order valence-corrected chi connectivity index (χ0v) is 29.8. The van der Waals surface area contributed by atoms with Crippen LogP contribution in [0.1, 0.15) is 0 Å². The maximum absolute atomic E-state index is 6.31. The molecule has 3 nitrogen and oxygen atoms in total. The van der Waals surface area contributed by atoms with Crippen LogP contribution in [-0.4, -0.2) is 9.13 Å². The van der Waals surface area contributed by atoms with Gasteiger partial charge in [0.05, 0.1) is 22.1 Å². The first-order valence-corrected chi connectivity index (χ1v) is 18.8. The van der Waals surface area contributed by atoms with Gasteiger partial charge in [0.15, 0.2) is 0 Å². The molecule has 0 aliphatic heterocycles. The number of fused-ring (bicyclic) bond motifs is 10. The number of furan rings is 1. The lowest BCUT2D eigenvalue weighted by Gasteiger charge is -2.10. The summed E-state index contributed by atoms with van der Waals surface area (Å²) in [7, 11) is 0. The molecule has 0 unspecified atom stereocenters. The Morgan fingerprint density at radius 2 is 0.782 bits per heavy atom. The average molecular weight is 701 g/mol. The third-order valence-electron chi connectivity index (χ3n) is 11.5. The van der Waals surface area contributed by atoms with Gasteiger partial charge in [-0.25, -0.2) is 0 Å². The van der Waals surface area contributed by atoms with Gasteiger partial charge in [0.1, 0.15) is 11.2 Å². The van der Waals surface area contributed by atoms with Gasteiger partial charge in [-0.3, -0.25) is 0 Å². The van der Waals surface area contributed by atoms with Crippen LogP contribution in [0.5, 0.6) is 0 Å². The first-order valence-electron chi connectivity index (χ1n) is 18.8. The van der Waals surface area contributed by atoms with Gasteiger partial charge < -0.3 is 13.6 Å². The number of rotatable bonds is 4. The second-order valence-corrected chi connectivity index (χ2v) is 14.6. The van der Waals surface area contributed by atoms with Gasteiger partial charge in [-0.15, -0.1) is 0 Å². The SMILES string of the molecule is c1ccc(-n2c3ccccc3c3cc(-c4ccc5c(c4)c4cc(-c6ccc7c(c6)oc6ccccc67)ccc4n5-c4ccc5ccccc5c4)ccc32)cc1. The maximum atomic E-state index is 6.31. The summed E-state index contributed by atoms with van der Waals surface area (Å²) >= 11 is 0. The van der Waals surface area contributed by atoms with Crippen molar-refractivity contribution < 1.29 is 4.42 Å². The van der Waals surface area contributed by atoms with Gasteiger partial charge in [-0.2, -0.15) is 0 Å². The molecule has 3 heteroatoms. The lowest BCUT2D eigenvalue weighted by molar-refractivity contribution is 0.669. The molecule has 55 heavy (non-hydrogen) atoms. The van der Waals surface area contributed by atoms with Crippen LogP contribution in [0.4, 0.5) is 0 Å². The molecule has 256 valence electrons. The Hall–Kier alpha value is -7.36. The molecule has 0 aliphatic carbocycles. The molecule has 0 spiro atoms. The second kappa shape index (κ2) is 11.6. The van der Waals surface area contributed by atoms with Gasteiger partial charge in [0, 0.05) is 43.7 Å². The summed E-state index contributed by atoms with van der Waals surface area (Å²) < 4.78 is 11.1. The van der Waals surface area contributed by atoms with E-state index in [1.807, 2.05) is 12.1 Å². The molecule has 3 aromatic heterocycles. The van der Waals surface area contributed by atoms with Crippen LogP contribution in [-0.2, 0) is 0 Å². The van der Waals surface area contributed by atoms with Gasteiger partial charge in [0.25, 0.3) is 0 Å². The zero-order chi connectivity index (χ0) is 36.0.